The normalized spacial score (nSPS) is 12.5. The Hall–Kier alpha value is -0.530. The van der Waals surface area contributed by atoms with Crippen molar-refractivity contribution in [2.24, 2.45) is 21.7 Å². The van der Waals surface area contributed by atoms with E-state index in [9.17, 15) is 5.11 Å². The summed E-state index contributed by atoms with van der Waals surface area (Å²) in [5, 5.41) is 13.7. The van der Waals surface area contributed by atoms with Gasteiger partial charge in [0.05, 0.1) is 5.41 Å². The minimum Gasteiger partial charge on any atom is -0.481 e. The molecule has 0 aromatic heterocycles. The van der Waals surface area contributed by atoms with Crippen LogP contribution in [0.25, 0.3) is 0 Å². The first-order valence-corrected chi connectivity index (χ1v) is 50.5. The van der Waals surface area contributed by atoms with E-state index in [1.54, 1.807) is 0 Å². The van der Waals surface area contributed by atoms with Crippen molar-refractivity contribution in [3.63, 3.8) is 0 Å². The summed E-state index contributed by atoms with van der Waals surface area (Å²) in [6.45, 7) is 21.4. The van der Waals surface area contributed by atoms with Crippen LogP contribution in [0, 0.1) is 21.7 Å². The SMILES string of the molecule is CCCCCCCCCCCCCCCCCC(CCCCCCCCCC)(CCCCCCCCCC)C(CCCCCCCCCC)(CCCCCCCCCC)C(CCCCCCCCCC)(CCCCCCCCCC)C(CCCCCCCCCC)(CCCCCCCCCC)C(=O)O. The van der Waals surface area contributed by atoms with Crippen LogP contribution in [-0.2, 0) is 4.79 Å². The summed E-state index contributed by atoms with van der Waals surface area (Å²) < 4.78 is 0. The Morgan fingerprint density at radius 1 is 0.154 bits per heavy atom. The summed E-state index contributed by atoms with van der Waals surface area (Å²) in [5.41, 5.74) is -0.811. The third-order valence-corrected chi connectivity index (χ3v) is 27.3. The number of rotatable bonds is 92. The number of hydrogen-bond donors (Lipinski definition) is 1. The average Bonchev–Trinajstić information content (AvgIpc) is 0.693. The van der Waals surface area contributed by atoms with Crippen molar-refractivity contribution >= 4 is 5.97 Å². The molecule has 104 heavy (non-hydrogen) atoms. The highest BCUT2D eigenvalue weighted by molar-refractivity contribution is 5.76. The summed E-state index contributed by atoms with van der Waals surface area (Å²) in [6.07, 6.45) is 119. The highest BCUT2D eigenvalue weighted by atomic mass is 16.4. The zero-order chi connectivity index (χ0) is 75.8. The van der Waals surface area contributed by atoms with E-state index in [2.05, 4.69) is 62.3 Å². The molecule has 0 spiro atoms. The fourth-order valence-corrected chi connectivity index (χ4v) is 20.7. The van der Waals surface area contributed by atoms with Gasteiger partial charge in [-0.2, -0.15) is 0 Å². The summed E-state index contributed by atoms with van der Waals surface area (Å²) >= 11 is 0. The van der Waals surface area contributed by atoms with Crippen LogP contribution in [0.15, 0.2) is 0 Å². The number of carboxylic acid groups (broad SMARTS) is 1. The summed E-state index contributed by atoms with van der Waals surface area (Å²) in [6, 6.07) is 0. The van der Waals surface area contributed by atoms with Crippen LogP contribution in [0.5, 0.6) is 0 Å². The Morgan fingerprint density at radius 2 is 0.269 bits per heavy atom. The quantitative estimate of drug-likeness (QED) is 0.0616. The van der Waals surface area contributed by atoms with E-state index in [4.69, 9.17) is 0 Å². The smallest absolute Gasteiger partial charge is 0.310 e. The monoisotopic (exact) mass is 1460 g/mol. The van der Waals surface area contributed by atoms with Crippen molar-refractivity contribution in [3.05, 3.63) is 0 Å². The molecule has 0 heterocycles. The zero-order valence-corrected chi connectivity index (χ0v) is 74.6. The maximum Gasteiger partial charge on any atom is 0.310 e. The maximum absolute atomic E-state index is 16.7. The van der Waals surface area contributed by atoms with Crippen LogP contribution < -0.4 is 0 Å². The van der Waals surface area contributed by atoms with Gasteiger partial charge in [0.2, 0.25) is 0 Å². The van der Waals surface area contributed by atoms with Crippen LogP contribution in [0.3, 0.4) is 0 Å². The van der Waals surface area contributed by atoms with Gasteiger partial charge in [0.25, 0.3) is 0 Å². The third kappa shape index (κ3) is 53.4. The van der Waals surface area contributed by atoms with Crippen molar-refractivity contribution in [2.45, 2.75) is 627 Å². The molecule has 0 aliphatic rings. The van der Waals surface area contributed by atoms with E-state index in [1.165, 1.54) is 539 Å². The number of carboxylic acids is 1. The van der Waals surface area contributed by atoms with Crippen LogP contribution >= 0.6 is 0 Å². The molecule has 0 unspecified atom stereocenters. The van der Waals surface area contributed by atoms with Gasteiger partial charge in [-0.1, -0.05) is 570 Å². The van der Waals surface area contributed by atoms with Gasteiger partial charge in [0.15, 0.2) is 0 Å². The fraction of sp³-hybridized carbons (Fsp3) is 0.990. The van der Waals surface area contributed by atoms with Gasteiger partial charge in [-0.05, 0) is 74.0 Å². The molecule has 1 N–H and O–H groups in total. The second-order valence-corrected chi connectivity index (χ2v) is 36.3. The molecular formula is C102H204O2. The highest BCUT2D eigenvalue weighted by Crippen LogP contribution is 2.74. The van der Waals surface area contributed by atoms with Gasteiger partial charge in [-0.3, -0.25) is 4.79 Å². The minimum absolute atomic E-state index is 0.0103. The molecule has 2 heteroatoms. The molecule has 0 radical (unpaired) electrons. The lowest BCUT2D eigenvalue weighted by molar-refractivity contribution is -0.215. The van der Waals surface area contributed by atoms with Crippen LogP contribution in [0.4, 0.5) is 0 Å². The molecule has 0 aromatic rings. The molecule has 2 nitrogen and oxygen atoms in total. The van der Waals surface area contributed by atoms with Gasteiger partial charge >= 0.3 is 5.97 Å². The van der Waals surface area contributed by atoms with Crippen LogP contribution in [0.2, 0.25) is 0 Å². The number of carbonyl (C=O) groups is 1. The lowest BCUT2D eigenvalue weighted by Crippen LogP contribution is -2.63. The van der Waals surface area contributed by atoms with Crippen LogP contribution in [-0.4, -0.2) is 11.1 Å². The van der Waals surface area contributed by atoms with E-state index in [-0.39, 0.29) is 22.2 Å². The third-order valence-electron chi connectivity index (χ3n) is 27.3. The van der Waals surface area contributed by atoms with Crippen molar-refractivity contribution in [2.75, 3.05) is 0 Å². The predicted molar refractivity (Wildman–Crippen MR) is 475 cm³/mol. The van der Waals surface area contributed by atoms with E-state index in [1.807, 2.05) is 0 Å². The number of hydrogen-bond acceptors (Lipinski definition) is 1. The Morgan fingerprint density at radius 3 is 0.413 bits per heavy atom. The molecule has 0 amide bonds. The van der Waals surface area contributed by atoms with Crippen LogP contribution in [0.1, 0.15) is 627 Å². The van der Waals surface area contributed by atoms with E-state index < -0.39 is 5.41 Å². The van der Waals surface area contributed by atoms with E-state index in [0.717, 1.165) is 25.7 Å². The molecule has 0 aromatic carbocycles. The lowest BCUT2D eigenvalue weighted by atomic mass is 9.35. The second-order valence-electron chi connectivity index (χ2n) is 36.3. The molecule has 0 bridgehead atoms. The Bertz CT molecular complexity index is 1550. The fourth-order valence-electron chi connectivity index (χ4n) is 20.7. The molecule has 0 rings (SSSR count). The van der Waals surface area contributed by atoms with Crippen molar-refractivity contribution < 1.29 is 9.90 Å². The van der Waals surface area contributed by atoms with Crippen molar-refractivity contribution in [1.82, 2.24) is 0 Å². The van der Waals surface area contributed by atoms with Gasteiger partial charge in [-0.25, -0.2) is 0 Å². The number of aliphatic carboxylic acids is 1. The van der Waals surface area contributed by atoms with Gasteiger partial charge in [0, 0.05) is 0 Å². The van der Waals surface area contributed by atoms with Gasteiger partial charge in [0.1, 0.15) is 0 Å². The summed E-state index contributed by atoms with van der Waals surface area (Å²) in [7, 11) is 0. The summed E-state index contributed by atoms with van der Waals surface area (Å²) in [5.74, 6) is -0.293. The Kier molecular flexibility index (Phi) is 80.1. The molecule has 0 aliphatic heterocycles. The van der Waals surface area contributed by atoms with Gasteiger partial charge in [-0.15, -0.1) is 0 Å². The summed E-state index contributed by atoms with van der Waals surface area (Å²) in [4.78, 5) is 16.7. The van der Waals surface area contributed by atoms with E-state index in [0.29, 0.717) is 0 Å². The molecular weight excluding hydrogens is 1260 g/mol. The van der Waals surface area contributed by atoms with Crippen molar-refractivity contribution in [3.8, 4) is 0 Å². The first kappa shape index (κ1) is 103. The van der Waals surface area contributed by atoms with Crippen molar-refractivity contribution in [1.29, 1.82) is 0 Å². The molecule has 0 fully saturated rings. The molecule has 0 saturated heterocycles. The molecule has 0 atom stereocenters. The standard InChI is InChI=1S/C102H204O2/c1-10-19-28-37-46-55-56-57-58-59-60-61-64-73-82-91-99(89-80-71-62-47-38-29-20-11-2,90-81-72-63-48-39-30-21-12-3)101(94-85-76-67-51-42-33-24-15-6,95-86-77-68-52-43-34-25-16-7)102(96-87-78-69-53-44-35-26-17-8,97-88-79-70-54-45-36-27-18-9)100(98(103)104,92-83-74-65-49-40-31-22-13-4)93-84-75-66-50-41-32-23-14-5/h10-97H2,1-9H3,(H,103,104). The zero-order valence-electron chi connectivity index (χ0n) is 74.6. The van der Waals surface area contributed by atoms with E-state index >= 15 is 4.79 Å². The minimum atomic E-state index is -0.709. The highest BCUT2D eigenvalue weighted by Gasteiger charge is 2.68. The second kappa shape index (κ2) is 80.5. The lowest BCUT2D eigenvalue weighted by Gasteiger charge is -2.68. The first-order chi connectivity index (χ1) is 51.2. The Labute approximate surface area is 661 Å². The maximum atomic E-state index is 16.7. The molecule has 0 aliphatic carbocycles. The molecule has 624 valence electrons. The largest absolute Gasteiger partial charge is 0.481 e. The average molecular weight is 1460 g/mol. The molecule has 0 saturated carbocycles. The van der Waals surface area contributed by atoms with Gasteiger partial charge < -0.3 is 5.11 Å². The predicted octanol–water partition coefficient (Wildman–Crippen LogP) is 38.5. The first-order valence-electron chi connectivity index (χ1n) is 50.5. The number of unbranched alkanes of at least 4 members (excludes halogenated alkanes) is 70. The topological polar surface area (TPSA) is 37.3 Å². The Balaban J connectivity index is 9.52.